The van der Waals surface area contributed by atoms with Crippen LogP contribution in [-0.4, -0.2) is 18.0 Å². The molecule has 0 bridgehead atoms. The summed E-state index contributed by atoms with van der Waals surface area (Å²) in [4.78, 5) is 0. The third kappa shape index (κ3) is 10.0. The number of hydrogen-bond acceptors (Lipinski definition) is 2. The molecule has 0 rings (SSSR count). The summed E-state index contributed by atoms with van der Waals surface area (Å²) in [6, 6.07) is 0. The third-order valence-corrected chi connectivity index (χ3v) is 1.95. The van der Waals surface area contributed by atoms with E-state index in [0.717, 1.165) is 6.42 Å². The van der Waals surface area contributed by atoms with Gasteiger partial charge in [-0.1, -0.05) is 41.5 Å². The lowest BCUT2D eigenvalue weighted by Gasteiger charge is -2.24. The number of aliphatic hydroxyl groups excluding tert-OH is 1. The molecular weight excluding hydrogens is 176 g/mol. The Hall–Kier alpha value is -0.0800. The van der Waals surface area contributed by atoms with Crippen LogP contribution in [0.3, 0.4) is 0 Å². The molecule has 0 spiro atoms. The molecule has 0 aromatic heterocycles. The minimum absolute atomic E-state index is 0.126. The van der Waals surface area contributed by atoms with Crippen LogP contribution >= 0.6 is 0 Å². The van der Waals surface area contributed by atoms with Crippen molar-refractivity contribution in [3.63, 3.8) is 0 Å². The molecule has 0 saturated heterocycles. The second-order valence-electron chi connectivity index (χ2n) is 6.40. The summed E-state index contributed by atoms with van der Waals surface area (Å²) in [6.45, 7) is 13.5. The minimum Gasteiger partial charge on any atom is -0.368 e. The second-order valence-corrected chi connectivity index (χ2v) is 6.40. The normalized spacial score (nSPS) is 15.6. The Kier molecular flexibility index (Phi) is 5.10. The fraction of sp³-hybridized carbons (Fsp3) is 1.00. The maximum absolute atomic E-state index is 9.56. The molecule has 86 valence electrons. The summed E-state index contributed by atoms with van der Waals surface area (Å²) in [5, 5.41) is 9.56. The van der Waals surface area contributed by atoms with Crippen LogP contribution < -0.4 is 0 Å². The Morgan fingerprint density at radius 1 is 1.00 bits per heavy atom. The van der Waals surface area contributed by atoms with Crippen LogP contribution in [0.25, 0.3) is 0 Å². The predicted molar refractivity (Wildman–Crippen MR) is 60.1 cm³/mol. The van der Waals surface area contributed by atoms with E-state index >= 15 is 0 Å². The quantitative estimate of drug-likeness (QED) is 0.709. The van der Waals surface area contributed by atoms with E-state index in [-0.39, 0.29) is 10.8 Å². The number of aliphatic hydroxyl groups is 1. The zero-order valence-electron chi connectivity index (χ0n) is 10.6. The molecule has 0 aliphatic heterocycles. The van der Waals surface area contributed by atoms with Gasteiger partial charge in [0, 0.05) is 6.42 Å². The molecular formula is C12H26O2. The van der Waals surface area contributed by atoms with E-state index in [1.165, 1.54) is 0 Å². The zero-order valence-corrected chi connectivity index (χ0v) is 10.6. The molecule has 2 nitrogen and oxygen atoms in total. The van der Waals surface area contributed by atoms with E-state index in [1.54, 1.807) is 0 Å². The summed E-state index contributed by atoms with van der Waals surface area (Å²) >= 11 is 0. The average molecular weight is 202 g/mol. The van der Waals surface area contributed by atoms with Gasteiger partial charge in [0.25, 0.3) is 0 Å². The van der Waals surface area contributed by atoms with Crippen molar-refractivity contribution >= 4 is 0 Å². The van der Waals surface area contributed by atoms with Crippen molar-refractivity contribution in [2.75, 3.05) is 6.61 Å². The molecule has 1 atom stereocenters. The molecule has 0 radical (unpaired) electrons. The van der Waals surface area contributed by atoms with E-state index in [9.17, 15) is 5.11 Å². The summed E-state index contributed by atoms with van der Waals surface area (Å²) in [5.74, 6) is 0. The average Bonchev–Trinajstić information content (AvgIpc) is 1.78. The molecule has 0 aliphatic carbocycles. The predicted octanol–water partition coefficient (Wildman–Crippen LogP) is 3.19. The highest BCUT2D eigenvalue weighted by Gasteiger charge is 2.18. The van der Waals surface area contributed by atoms with Gasteiger partial charge in [-0.3, -0.25) is 0 Å². The molecule has 0 aliphatic rings. The van der Waals surface area contributed by atoms with Crippen molar-refractivity contribution in [3.8, 4) is 0 Å². The van der Waals surface area contributed by atoms with E-state index in [2.05, 4.69) is 41.5 Å². The first kappa shape index (κ1) is 13.9. The summed E-state index contributed by atoms with van der Waals surface area (Å²) in [7, 11) is 0. The van der Waals surface area contributed by atoms with Gasteiger partial charge in [0.2, 0.25) is 0 Å². The van der Waals surface area contributed by atoms with Gasteiger partial charge in [-0.25, -0.2) is 0 Å². The summed E-state index contributed by atoms with van der Waals surface area (Å²) in [6.07, 6.45) is 1.06. The molecule has 2 heteroatoms. The lowest BCUT2D eigenvalue weighted by Crippen LogP contribution is -2.22. The topological polar surface area (TPSA) is 29.5 Å². The molecule has 14 heavy (non-hydrogen) atoms. The van der Waals surface area contributed by atoms with Crippen molar-refractivity contribution in [1.82, 2.24) is 0 Å². The highest BCUT2D eigenvalue weighted by Crippen LogP contribution is 2.22. The summed E-state index contributed by atoms with van der Waals surface area (Å²) < 4.78 is 5.35. The fourth-order valence-corrected chi connectivity index (χ4v) is 1.08. The highest BCUT2D eigenvalue weighted by molar-refractivity contribution is 4.64. The molecule has 0 saturated carbocycles. The zero-order chi connectivity index (χ0) is 11.4. The molecule has 1 unspecified atom stereocenters. The minimum atomic E-state index is -0.614. The van der Waals surface area contributed by atoms with E-state index in [4.69, 9.17) is 4.74 Å². The second kappa shape index (κ2) is 5.13. The first-order chi connectivity index (χ1) is 6.10. The van der Waals surface area contributed by atoms with Crippen molar-refractivity contribution in [3.05, 3.63) is 0 Å². The Morgan fingerprint density at radius 3 is 1.86 bits per heavy atom. The van der Waals surface area contributed by atoms with Gasteiger partial charge in [0.1, 0.15) is 0 Å². The largest absolute Gasteiger partial charge is 0.368 e. The molecule has 1 N–H and O–H groups in total. The van der Waals surface area contributed by atoms with Gasteiger partial charge in [0.05, 0.1) is 6.61 Å². The van der Waals surface area contributed by atoms with Crippen molar-refractivity contribution in [1.29, 1.82) is 0 Å². The first-order valence-corrected chi connectivity index (χ1v) is 5.40. The van der Waals surface area contributed by atoms with Gasteiger partial charge in [0.15, 0.2) is 6.29 Å². The van der Waals surface area contributed by atoms with E-state index < -0.39 is 6.29 Å². The van der Waals surface area contributed by atoms with E-state index in [1.807, 2.05) is 0 Å². The standard InChI is InChI=1S/C12H26O2/c1-11(2,3)7-8-14-10(13)9-12(4,5)6/h10,13H,7-9H2,1-6H3. The van der Waals surface area contributed by atoms with Crippen molar-refractivity contribution in [2.45, 2.75) is 60.7 Å². The Bertz CT molecular complexity index is 151. The lowest BCUT2D eigenvalue weighted by atomic mass is 9.91. The van der Waals surface area contributed by atoms with Crippen LogP contribution in [0, 0.1) is 10.8 Å². The Labute approximate surface area is 88.7 Å². The Morgan fingerprint density at radius 2 is 1.50 bits per heavy atom. The van der Waals surface area contributed by atoms with Gasteiger partial charge in [-0.15, -0.1) is 0 Å². The van der Waals surface area contributed by atoms with Gasteiger partial charge < -0.3 is 9.84 Å². The van der Waals surface area contributed by atoms with Crippen LogP contribution in [0.15, 0.2) is 0 Å². The van der Waals surface area contributed by atoms with Crippen LogP contribution in [0.5, 0.6) is 0 Å². The Balaban J connectivity index is 3.60. The highest BCUT2D eigenvalue weighted by atomic mass is 16.6. The smallest absolute Gasteiger partial charge is 0.155 e. The molecule has 0 heterocycles. The van der Waals surface area contributed by atoms with Crippen molar-refractivity contribution in [2.24, 2.45) is 10.8 Å². The monoisotopic (exact) mass is 202 g/mol. The molecule has 0 fully saturated rings. The number of rotatable bonds is 4. The van der Waals surface area contributed by atoms with Gasteiger partial charge in [-0.2, -0.15) is 0 Å². The number of hydrogen-bond donors (Lipinski definition) is 1. The van der Waals surface area contributed by atoms with Crippen LogP contribution in [0.1, 0.15) is 54.4 Å². The summed E-state index contributed by atoms with van der Waals surface area (Å²) in [5.41, 5.74) is 0.405. The SMILES string of the molecule is CC(C)(C)CCOC(O)CC(C)(C)C. The van der Waals surface area contributed by atoms with Gasteiger partial charge >= 0.3 is 0 Å². The van der Waals surface area contributed by atoms with Crippen LogP contribution in [0.4, 0.5) is 0 Å². The fourth-order valence-electron chi connectivity index (χ4n) is 1.08. The molecule has 0 amide bonds. The number of ether oxygens (including phenoxy) is 1. The van der Waals surface area contributed by atoms with Crippen LogP contribution in [0.2, 0.25) is 0 Å². The lowest BCUT2D eigenvalue weighted by molar-refractivity contribution is -0.122. The van der Waals surface area contributed by atoms with Crippen LogP contribution in [-0.2, 0) is 4.74 Å². The maximum atomic E-state index is 9.56. The molecule has 0 aromatic rings. The molecule has 0 aromatic carbocycles. The van der Waals surface area contributed by atoms with Crippen molar-refractivity contribution < 1.29 is 9.84 Å². The first-order valence-electron chi connectivity index (χ1n) is 5.40. The maximum Gasteiger partial charge on any atom is 0.155 e. The third-order valence-electron chi connectivity index (χ3n) is 1.95. The van der Waals surface area contributed by atoms with E-state index in [0.29, 0.717) is 13.0 Å². The van der Waals surface area contributed by atoms with Gasteiger partial charge in [-0.05, 0) is 17.3 Å².